The summed E-state index contributed by atoms with van der Waals surface area (Å²) in [7, 11) is 0.352. The van der Waals surface area contributed by atoms with Crippen molar-refractivity contribution in [2.75, 3.05) is 7.11 Å². The summed E-state index contributed by atoms with van der Waals surface area (Å²) < 4.78 is 56.4. The predicted octanol–water partition coefficient (Wildman–Crippen LogP) is 4.17. The second kappa shape index (κ2) is 5.72. The Morgan fingerprint density at radius 3 is 2.68 bits per heavy atom. The van der Waals surface area contributed by atoms with Crippen LogP contribution in [0.4, 0.5) is 13.2 Å². The molecule has 0 radical (unpaired) electrons. The zero-order valence-electron chi connectivity index (χ0n) is 12.2. The molecule has 0 saturated carbocycles. The molecular weight excluding hydrogens is 313 g/mol. The van der Waals surface area contributed by atoms with Crippen LogP contribution in [0.15, 0.2) is 24.3 Å². The van der Waals surface area contributed by atoms with Crippen molar-refractivity contribution in [3.8, 4) is 5.75 Å². The Labute approximate surface area is 129 Å². The average molecular weight is 330 g/mol. The fourth-order valence-electron chi connectivity index (χ4n) is 3.24. The number of halogens is 3. The van der Waals surface area contributed by atoms with E-state index in [1.807, 2.05) is 6.08 Å². The molecule has 2 bridgehead atoms. The Hall–Kier alpha value is -1.30. The van der Waals surface area contributed by atoms with Crippen molar-refractivity contribution in [3.63, 3.8) is 0 Å². The Balaban J connectivity index is 2.01. The lowest BCUT2D eigenvalue weighted by Crippen LogP contribution is -2.33. The van der Waals surface area contributed by atoms with Gasteiger partial charge in [-0.3, -0.25) is 4.21 Å². The molecule has 1 aromatic carbocycles. The third-order valence-electron chi connectivity index (χ3n) is 4.35. The van der Waals surface area contributed by atoms with Crippen molar-refractivity contribution >= 4 is 16.4 Å². The molecule has 2 aliphatic heterocycles. The molecule has 0 aliphatic carbocycles. The molecule has 3 atom stereocenters. The van der Waals surface area contributed by atoms with Gasteiger partial charge in [0, 0.05) is 16.0 Å². The number of benzene rings is 1. The Morgan fingerprint density at radius 2 is 2.05 bits per heavy atom. The first kappa shape index (κ1) is 15.6. The summed E-state index contributed by atoms with van der Waals surface area (Å²) in [6.45, 7) is 0. The van der Waals surface area contributed by atoms with Crippen LogP contribution in [0.1, 0.15) is 36.8 Å². The molecule has 0 N–H and O–H groups in total. The minimum Gasteiger partial charge on any atom is -0.496 e. The summed E-state index contributed by atoms with van der Waals surface area (Å²) in [6, 6.07) is 4.17. The molecule has 120 valence electrons. The molecule has 2 heterocycles. The number of alkyl halides is 3. The van der Waals surface area contributed by atoms with E-state index in [0.717, 1.165) is 30.9 Å². The van der Waals surface area contributed by atoms with E-state index in [1.54, 1.807) is 6.07 Å². The molecular formula is C16H17F3O2S. The zero-order valence-corrected chi connectivity index (χ0v) is 13.0. The quantitative estimate of drug-likeness (QED) is 0.813. The highest BCUT2D eigenvalue weighted by Crippen LogP contribution is 2.41. The maximum Gasteiger partial charge on any atom is 0.419 e. The van der Waals surface area contributed by atoms with Gasteiger partial charge in [-0.1, -0.05) is 18.6 Å². The summed E-state index contributed by atoms with van der Waals surface area (Å²) in [5.74, 6) is -0.170. The first-order valence-corrected chi connectivity index (χ1v) is 8.53. The summed E-state index contributed by atoms with van der Waals surface area (Å²) in [5.41, 5.74) is 0.675. The number of fused-ring (bicyclic) bond motifs is 2. The van der Waals surface area contributed by atoms with E-state index in [-0.39, 0.29) is 16.2 Å². The van der Waals surface area contributed by atoms with Gasteiger partial charge in [-0.05, 0) is 42.5 Å². The van der Waals surface area contributed by atoms with Crippen LogP contribution in [-0.2, 0) is 17.0 Å². The van der Waals surface area contributed by atoms with Crippen molar-refractivity contribution < 1.29 is 22.1 Å². The van der Waals surface area contributed by atoms with Crippen LogP contribution < -0.4 is 4.74 Å². The molecule has 3 rings (SSSR count). The second-order valence-electron chi connectivity index (χ2n) is 5.73. The van der Waals surface area contributed by atoms with Crippen LogP contribution >= 0.6 is 0 Å². The molecule has 2 aliphatic rings. The highest BCUT2D eigenvalue weighted by Gasteiger charge is 2.36. The lowest BCUT2D eigenvalue weighted by Gasteiger charge is -2.33. The molecule has 6 heteroatoms. The van der Waals surface area contributed by atoms with Gasteiger partial charge in [-0.15, -0.1) is 0 Å². The summed E-state index contributed by atoms with van der Waals surface area (Å²) in [6.07, 6.45) is 0.842. The molecule has 0 aromatic heterocycles. The minimum absolute atomic E-state index is 0.0149. The maximum atomic E-state index is 13.1. The Morgan fingerprint density at radius 1 is 1.27 bits per heavy atom. The van der Waals surface area contributed by atoms with Crippen molar-refractivity contribution in [1.29, 1.82) is 0 Å². The average Bonchev–Trinajstić information content (AvgIpc) is 2.45. The van der Waals surface area contributed by atoms with Gasteiger partial charge in [0.2, 0.25) is 0 Å². The molecule has 2 nitrogen and oxygen atoms in total. The van der Waals surface area contributed by atoms with E-state index < -0.39 is 22.5 Å². The van der Waals surface area contributed by atoms with Gasteiger partial charge in [0.25, 0.3) is 0 Å². The van der Waals surface area contributed by atoms with Gasteiger partial charge in [-0.25, -0.2) is 0 Å². The molecule has 3 unspecified atom stereocenters. The minimum atomic E-state index is -4.45. The van der Waals surface area contributed by atoms with Crippen LogP contribution in [0.2, 0.25) is 0 Å². The second-order valence-corrected chi connectivity index (χ2v) is 7.66. The van der Waals surface area contributed by atoms with Gasteiger partial charge in [-0.2, -0.15) is 13.2 Å². The first-order chi connectivity index (χ1) is 10.4. The van der Waals surface area contributed by atoms with E-state index in [1.165, 1.54) is 13.2 Å². The smallest absolute Gasteiger partial charge is 0.419 e. The summed E-state index contributed by atoms with van der Waals surface area (Å²) >= 11 is 0. The summed E-state index contributed by atoms with van der Waals surface area (Å²) in [4.78, 5) is 0. The van der Waals surface area contributed by atoms with Gasteiger partial charge in [0.1, 0.15) is 5.75 Å². The molecule has 1 fully saturated rings. The summed E-state index contributed by atoms with van der Waals surface area (Å²) in [5, 5.41) is 0.0640. The third-order valence-corrected chi connectivity index (χ3v) is 6.38. The van der Waals surface area contributed by atoms with Crippen molar-refractivity contribution in [3.05, 3.63) is 35.4 Å². The standard InChI is InChI=1S/C16H17F3O2S/c1-21-15-6-5-10(9-14(15)16(17,18)19)11-7-12-3-2-4-13(8-11)22(12)20/h5-7,9,12-13H,2-4,8H2,1H3. The fraction of sp³-hybridized carbons (Fsp3) is 0.500. The first-order valence-electron chi connectivity index (χ1n) is 7.26. The SMILES string of the molecule is COc1ccc(C2=CC3CCCC(C2)S3=O)cc1C(F)(F)F. The molecule has 1 saturated heterocycles. The number of methoxy groups -OCH3 is 1. The highest BCUT2D eigenvalue weighted by atomic mass is 32.2. The van der Waals surface area contributed by atoms with Crippen molar-refractivity contribution in [1.82, 2.24) is 0 Å². The van der Waals surface area contributed by atoms with Crippen LogP contribution in [-0.4, -0.2) is 21.8 Å². The van der Waals surface area contributed by atoms with Gasteiger partial charge >= 0.3 is 6.18 Å². The number of hydrogen-bond donors (Lipinski definition) is 0. The third kappa shape index (κ3) is 2.81. The number of rotatable bonds is 2. The Kier molecular flexibility index (Phi) is 4.05. The van der Waals surface area contributed by atoms with Gasteiger partial charge in [0.15, 0.2) is 0 Å². The largest absolute Gasteiger partial charge is 0.496 e. The van der Waals surface area contributed by atoms with E-state index in [2.05, 4.69) is 0 Å². The van der Waals surface area contributed by atoms with E-state index in [4.69, 9.17) is 4.74 Å². The van der Waals surface area contributed by atoms with Crippen LogP contribution in [0, 0.1) is 0 Å². The number of ether oxygens (including phenoxy) is 1. The van der Waals surface area contributed by atoms with Crippen LogP contribution in [0.3, 0.4) is 0 Å². The van der Waals surface area contributed by atoms with Crippen LogP contribution in [0.5, 0.6) is 5.75 Å². The van der Waals surface area contributed by atoms with Crippen LogP contribution in [0.25, 0.3) is 5.57 Å². The molecule has 0 spiro atoms. The normalized spacial score (nSPS) is 28.2. The van der Waals surface area contributed by atoms with E-state index in [9.17, 15) is 17.4 Å². The molecule has 22 heavy (non-hydrogen) atoms. The molecule has 1 aromatic rings. The molecule has 0 amide bonds. The van der Waals surface area contributed by atoms with Crippen molar-refractivity contribution in [2.24, 2.45) is 0 Å². The van der Waals surface area contributed by atoms with Gasteiger partial charge in [0.05, 0.1) is 17.9 Å². The fourth-order valence-corrected chi connectivity index (χ4v) is 5.18. The van der Waals surface area contributed by atoms with Crippen molar-refractivity contribution in [2.45, 2.75) is 42.4 Å². The number of hydrogen-bond acceptors (Lipinski definition) is 2. The lowest BCUT2D eigenvalue weighted by molar-refractivity contribution is -0.138. The highest BCUT2D eigenvalue weighted by molar-refractivity contribution is 7.86. The predicted molar refractivity (Wildman–Crippen MR) is 80.2 cm³/mol. The van der Waals surface area contributed by atoms with E-state index >= 15 is 0 Å². The lowest BCUT2D eigenvalue weighted by atomic mass is 9.92. The van der Waals surface area contributed by atoms with E-state index in [0.29, 0.717) is 12.0 Å². The zero-order chi connectivity index (χ0) is 15.9. The van der Waals surface area contributed by atoms with Gasteiger partial charge < -0.3 is 4.74 Å². The maximum absolute atomic E-state index is 13.1. The monoisotopic (exact) mass is 330 g/mol. The number of allylic oxidation sites excluding steroid dienone is 1. The Bertz CT molecular complexity index is 637. The topological polar surface area (TPSA) is 26.3 Å².